The summed E-state index contributed by atoms with van der Waals surface area (Å²) in [7, 11) is -2.15. The molecule has 0 fully saturated rings. The van der Waals surface area contributed by atoms with Crippen LogP contribution in [0.4, 0.5) is 0 Å². The summed E-state index contributed by atoms with van der Waals surface area (Å²) < 4.78 is 12.1. The first kappa shape index (κ1) is 14.9. The fourth-order valence-electron chi connectivity index (χ4n) is 1.28. The molecule has 0 aromatic rings. The normalized spacial score (nSPS) is 19.3. The summed E-state index contributed by atoms with van der Waals surface area (Å²) in [5.41, 5.74) is 1.92. The summed E-state index contributed by atoms with van der Waals surface area (Å²) in [6.45, 7) is 14.5. The summed E-state index contributed by atoms with van der Waals surface area (Å²) in [5.74, 6) is 0. The fraction of sp³-hybridized carbons (Fsp3) is 0.833. The van der Waals surface area contributed by atoms with Gasteiger partial charge in [0, 0.05) is 12.2 Å². The van der Waals surface area contributed by atoms with Crippen molar-refractivity contribution in [1.29, 1.82) is 0 Å². The standard InChI is InChI=1S/C12H26O2Si/c1-7-11(5)13-15(9-3,10-4)14-12(6)8-2/h9,11-12H,3,7-8,10H2,1-2,4-6H3. The van der Waals surface area contributed by atoms with Crippen molar-refractivity contribution in [3.63, 3.8) is 0 Å². The monoisotopic (exact) mass is 230 g/mol. The van der Waals surface area contributed by atoms with E-state index >= 15 is 0 Å². The smallest absolute Gasteiger partial charge is 0.364 e. The Balaban J connectivity index is 4.49. The van der Waals surface area contributed by atoms with E-state index in [1.807, 2.05) is 5.70 Å². The van der Waals surface area contributed by atoms with Gasteiger partial charge in [-0.15, -0.1) is 6.58 Å². The molecule has 0 spiro atoms. The maximum Gasteiger partial charge on any atom is 0.364 e. The van der Waals surface area contributed by atoms with Crippen LogP contribution in [0, 0.1) is 0 Å². The molecule has 0 aliphatic carbocycles. The topological polar surface area (TPSA) is 18.5 Å². The summed E-state index contributed by atoms with van der Waals surface area (Å²) in [4.78, 5) is 0. The second-order valence-electron chi connectivity index (χ2n) is 4.04. The van der Waals surface area contributed by atoms with E-state index in [0.29, 0.717) is 0 Å². The van der Waals surface area contributed by atoms with Gasteiger partial charge >= 0.3 is 8.56 Å². The second kappa shape index (κ2) is 7.20. The molecule has 0 bridgehead atoms. The third-order valence-electron chi connectivity index (χ3n) is 2.75. The lowest BCUT2D eigenvalue weighted by molar-refractivity contribution is 0.0962. The summed E-state index contributed by atoms with van der Waals surface area (Å²) in [6.07, 6.45) is 2.57. The molecule has 0 aliphatic rings. The van der Waals surface area contributed by atoms with Crippen molar-refractivity contribution in [3.8, 4) is 0 Å². The largest absolute Gasteiger partial charge is 0.389 e. The minimum Gasteiger partial charge on any atom is -0.389 e. The van der Waals surface area contributed by atoms with Crippen molar-refractivity contribution in [2.75, 3.05) is 0 Å². The van der Waals surface area contributed by atoms with E-state index in [-0.39, 0.29) is 12.2 Å². The van der Waals surface area contributed by atoms with Crippen molar-refractivity contribution in [2.24, 2.45) is 0 Å². The van der Waals surface area contributed by atoms with Gasteiger partial charge in [0.2, 0.25) is 0 Å². The third-order valence-corrected chi connectivity index (χ3v) is 5.97. The highest BCUT2D eigenvalue weighted by atomic mass is 28.4. The predicted molar refractivity (Wildman–Crippen MR) is 68.1 cm³/mol. The molecule has 0 aliphatic heterocycles. The molecule has 0 saturated heterocycles. The van der Waals surface area contributed by atoms with Gasteiger partial charge in [-0.1, -0.05) is 20.8 Å². The van der Waals surface area contributed by atoms with Crippen LogP contribution in [-0.2, 0) is 8.85 Å². The third kappa shape index (κ3) is 4.95. The molecule has 0 saturated carbocycles. The zero-order valence-electron chi connectivity index (χ0n) is 10.9. The highest BCUT2D eigenvalue weighted by Crippen LogP contribution is 2.20. The van der Waals surface area contributed by atoms with Crippen molar-refractivity contribution < 1.29 is 8.85 Å². The Morgan fingerprint density at radius 1 is 1.07 bits per heavy atom. The first-order valence-electron chi connectivity index (χ1n) is 6.02. The van der Waals surface area contributed by atoms with Crippen LogP contribution in [-0.4, -0.2) is 20.8 Å². The molecule has 2 unspecified atom stereocenters. The van der Waals surface area contributed by atoms with Crippen LogP contribution in [0.5, 0.6) is 0 Å². The molecule has 3 heteroatoms. The zero-order chi connectivity index (χ0) is 11.9. The van der Waals surface area contributed by atoms with E-state index in [2.05, 4.69) is 41.2 Å². The first-order chi connectivity index (χ1) is 7.03. The quantitative estimate of drug-likeness (QED) is 0.590. The summed E-state index contributed by atoms with van der Waals surface area (Å²) in [5, 5.41) is 0. The Kier molecular flexibility index (Phi) is 7.14. The van der Waals surface area contributed by atoms with Gasteiger partial charge in [-0.2, -0.15) is 0 Å². The van der Waals surface area contributed by atoms with Crippen LogP contribution in [0.1, 0.15) is 47.5 Å². The second-order valence-corrected chi connectivity index (χ2v) is 7.25. The van der Waals surface area contributed by atoms with Gasteiger partial charge in [-0.05, 0) is 38.4 Å². The number of rotatable bonds is 8. The lowest BCUT2D eigenvalue weighted by Crippen LogP contribution is -2.44. The van der Waals surface area contributed by atoms with E-state index in [0.717, 1.165) is 18.9 Å². The van der Waals surface area contributed by atoms with Gasteiger partial charge in [0.15, 0.2) is 0 Å². The Bertz CT molecular complexity index is 170. The first-order valence-corrected chi connectivity index (χ1v) is 8.12. The predicted octanol–water partition coefficient (Wildman–Crippen LogP) is 3.80. The van der Waals surface area contributed by atoms with Gasteiger partial charge in [0.25, 0.3) is 0 Å². The molecular weight excluding hydrogens is 204 g/mol. The van der Waals surface area contributed by atoms with E-state index in [4.69, 9.17) is 8.85 Å². The van der Waals surface area contributed by atoms with Gasteiger partial charge in [-0.3, -0.25) is 0 Å². The van der Waals surface area contributed by atoms with Gasteiger partial charge in [0.05, 0.1) is 0 Å². The zero-order valence-corrected chi connectivity index (χ0v) is 11.9. The van der Waals surface area contributed by atoms with E-state index < -0.39 is 8.56 Å². The highest BCUT2D eigenvalue weighted by molar-refractivity contribution is 6.72. The van der Waals surface area contributed by atoms with Crippen molar-refractivity contribution in [1.82, 2.24) is 0 Å². The molecule has 15 heavy (non-hydrogen) atoms. The molecule has 2 atom stereocenters. The van der Waals surface area contributed by atoms with Gasteiger partial charge in [-0.25, -0.2) is 0 Å². The number of hydrogen-bond acceptors (Lipinski definition) is 2. The van der Waals surface area contributed by atoms with E-state index in [1.165, 1.54) is 0 Å². The Morgan fingerprint density at radius 3 is 1.67 bits per heavy atom. The molecule has 0 aromatic carbocycles. The maximum atomic E-state index is 6.06. The molecule has 0 radical (unpaired) electrons. The van der Waals surface area contributed by atoms with E-state index in [9.17, 15) is 0 Å². The van der Waals surface area contributed by atoms with E-state index in [1.54, 1.807) is 0 Å². The molecule has 0 rings (SSSR count). The van der Waals surface area contributed by atoms with Crippen LogP contribution < -0.4 is 0 Å². The average Bonchev–Trinajstić information content (AvgIpc) is 2.27. The molecule has 90 valence electrons. The Hall–Kier alpha value is -0.123. The van der Waals surface area contributed by atoms with Crippen molar-refractivity contribution in [2.45, 2.75) is 65.7 Å². The molecular formula is C12H26O2Si. The minimum absolute atomic E-state index is 0.263. The SMILES string of the molecule is C=C[Si](CC)(OC(C)CC)OC(C)CC. The van der Waals surface area contributed by atoms with Crippen LogP contribution >= 0.6 is 0 Å². The molecule has 0 amide bonds. The summed E-state index contributed by atoms with van der Waals surface area (Å²) >= 11 is 0. The fourth-order valence-corrected chi connectivity index (χ4v) is 3.85. The van der Waals surface area contributed by atoms with Crippen LogP contribution in [0.2, 0.25) is 6.04 Å². The Morgan fingerprint density at radius 2 is 1.47 bits per heavy atom. The van der Waals surface area contributed by atoms with Crippen molar-refractivity contribution >= 4 is 8.56 Å². The number of hydrogen-bond donors (Lipinski definition) is 0. The Labute approximate surface area is 95.9 Å². The van der Waals surface area contributed by atoms with Crippen LogP contribution in [0.15, 0.2) is 12.3 Å². The lowest BCUT2D eigenvalue weighted by atomic mass is 10.3. The summed E-state index contributed by atoms with van der Waals surface area (Å²) in [6, 6.07) is 0.936. The lowest BCUT2D eigenvalue weighted by Gasteiger charge is -2.32. The molecule has 0 heterocycles. The van der Waals surface area contributed by atoms with Crippen molar-refractivity contribution in [3.05, 3.63) is 12.3 Å². The van der Waals surface area contributed by atoms with Crippen LogP contribution in [0.25, 0.3) is 0 Å². The maximum absolute atomic E-state index is 6.06. The van der Waals surface area contributed by atoms with Gasteiger partial charge < -0.3 is 8.85 Å². The molecule has 0 N–H and O–H groups in total. The van der Waals surface area contributed by atoms with Crippen LogP contribution in [0.3, 0.4) is 0 Å². The highest BCUT2D eigenvalue weighted by Gasteiger charge is 2.35. The molecule has 2 nitrogen and oxygen atoms in total. The minimum atomic E-state index is -2.15. The molecule has 0 aromatic heterocycles. The average molecular weight is 230 g/mol. The van der Waals surface area contributed by atoms with Gasteiger partial charge in [0.1, 0.15) is 0 Å².